The van der Waals surface area contributed by atoms with Crippen molar-refractivity contribution in [1.29, 1.82) is 0 Å². The smallest absolute Gasteiger partial charge is 0.306 e. The number of carboxylic acid groups (broad SMARTS) is 1. The molecule has 1 amide bonds. The number of carboxylic acids is 1. The van der Waals surface area contributed by atoms with Gasteiger partial charge in [0.2, 0.25) is 5.91 Å². The van der Waals surface area contributed by atoms with Crippen molar-refractivity contribution in [2.45, 2.75) is 45.1 Å². The lowest BCUT2D eigenvalue weighted by Crippen LogP contribution is -2.35. The van der Waals surface area contributed by atoms with Gasteiger partial charge in [0.05, 0.1) is 12.0 Å². The molecule has 0 heterocycles. The van der Waals surface area contributed by atoms with Crippen LogP contribution in [0.15, 0.2) is 0 Å². The second-order valence-electron chi connectivity index (χ2n) is 4.73. The molecule has 1 fully saturated rings. The maximum absolute atomic E-state index is 11.7. The van der Waals surface area contributed by atoms with Crippen LogP contribution in [0.2, 0.25) is 0 Å². The highest BCUT2D eigenvalue weighted by Crippen LogP contribution is 2.31. The fraction of sp³-hybridized carbons (Fsp3) is 0.833. The van der Waals surface area contributed by atoms with E-state index < -0.39 is 12.1 Å². The summed E-state index contributed by atoms with van der Waals surface area (Å²) in [7, 11) is 0. The van der Waals surface area contributed by atoms with Crippen LogP contribution in [0.3, 0.4) is 0 Å². The Hall–Kier alpha value is -1.10. The van der Waals surface area contributed by atoms with Crippen molar-refractivity contribution in [3.63, 3.8) is 0 Å². The van der Waals surface area contributed by atoms with Gasteiger partial charge in [-0.25, -0.2) is 0 Å². The first-order chi connectivity index (χ1) is 8.04. The SMILES string of the molecule is CCCC(O)CNC(=O)[C@@H]1CC[C@H](C(=O)O)C1. The van der Waals surface area contributed by atoms with Gasteiger partial charge >= 0.3 is 5.97 Å². The molecular formula is C12H21NO4. The van der Waals surface area contributed by atoms with Crippen molar-refractivity contribution in [3.05, 3.63) is 0 Å². The molecule has 1 unspecified atom stereocenters. The lowest BCUT2D eigenvalue weighted by Gasteiger charge is -2.14. The van der Waals surface area contributed by atoms with Crippen LogP contribution in [0.1, 0.15) is 39.0 Å². The number of hydrogen-bond donors (Lipinski definition) is 3. The zero-order chi connectivity index (χ0) is 12.8. The van der Waals surface area contributed by atoms with Crippen molar-refractivity contribution >= 4 is 11.9 Å². The number of aliphatic hydroxyl groups excluding tert-OH is 1. The van der Waals surface area contributed by atoms with E-state index in [1.165, 1.54) is 0 Å². The molecule has 1 saturated carbocycles. The predicted molar refractivity (Wildman–Crippen MR) is 62.4 cm³/mol. The topological polar surface area (TPSA) is 86.6 Å². The molecule has 0 radical (unpaired) electrons. The molecule has 3 N–H and O–H groups in total. The molecule has 98 valence electrons. The lowest BCUT2D eigenvalue weighted by molar-refractivity contribution is -0.141. The molecule has 1 rings (SSSR count). The van der Waals surface area contributed by atoms with Gasteiger partial charge in [-0.1, -0.05) is 13.3 Å². The third kappa shape index (κ3) is 4.34. The fourth-order valence-corrected chi connectivity index (χ4v) is 2.24. The summed E-state index contributed by atoms with van der Waals surface area (Å²) in [6.45, 7) is 2.24. The van der Waals surface area contributed by atoms with Crippen molar-refractivity contribution in [2.24, 2.45) is 11.8 Å². The molecule has 5 heteroatoms. The van der Waals surface area contributed by atoms with Crippen LogP contribution >= 0.6 is 0 Å². The Morgan fingerprint density at radius 3 is 2.53 bits per heavy atom. The van der Waals surface area contributed by atoms with E-state index in [1.807, 2.05) is 6.92 Å². The number of aliphatic hydroxyl groups is 1. The van der Waals surface area contributed by atoms with Crippen LogP contribution in [-0.4, -0.2) is 34.7 Å². The number of nitrogens with one attached hydrogen (secondary N) is 1. The van der Waals surface area contributed by atoms with Gasteiger partial charge in [0.1, 0.15) is 0 Å². The Balaban J connectivity index is 2.27. The van der Waals surface area contributed by atoms with Gasteiger partial charge in [-0.2, -0.15) is 0 Å². The summed E-state index contributed by atoms with van der Waals surface area (Å²) < 4.78 is 0. The molecule has 0 aromatic carbocycles. The first kappa shape index (κ1) is 14.0. The zero-order valence-electron chi connectivity index (χ0n) is 10.2. The molecule has 1 aliphatic rings. The minimum absolute atomic E-state index is 0.121. The summed E-state index contributed by atoms with van der Waals surface area (Å²) in [6, 6.07) is 0. The Bertz CT molecular complexity index is 280. The first-order valence-electron chi connectivity index (χ1n) is 6.23. The van der Waals surface area contributed by atoms with Crippen molar-refractivity contribution in [3.8, 4) is 0 Å². The summed E-state index contributed by atoms with van der Waals surface area (Å²) in [5.74, 6) is -1.52. The minimum atomic E-state index is -0.814. The van der Waals surface area contributed by atoms with E-state index in [2.05, 4.69) is 5.32 Å². The highest BCUT2D eigenvalue weighted by molar-refractivity contribution is 5.80. The van der Waals surface area contributed by atoms with Gasteiger partial charge in [-0.05, 0) is 25.7 Å². The van der Waals surface area contributed by atoms with E-state index >= 15 is 0 Å². The molecule has 3 atom stereocenters. The number of carbonyl (C=O) groups excluding carboxylic acids is 1. The van der Waals surface area contributed by atoms with Crippen molar-refractivity contribution in [1.82, 2.24) is 5.32 Å². The van der Waals surface area contributed by atoms with Crippen molar-refractivity contribution < 1.29 is 19.8 Å². The maximum atomic E-state index is 11.7. The van der Waals surface area contributed by atoms with E-state index in [0.29, 0.717) is 25.7 Å². The van der Waals surface area contributed by atoms with E-state index in [4.69, 9.17) is 5.11 Å². The average molecular weight is 243 g/mol. The molecule has 17 heavy (non-hydrogen) atoms. The van der Waals surface area contributed by atoms with Crippen LogP contribution in [-0.2, 0) is 9.59 Å². The molecule has 0 bridgehead atoms. The maximum Gasteiger partial charge on any atom is 0.306 e. The Morgan fingerprint density at radius 2 is 2.00 bits per heavy atom. The van der Waals surface area contributed by atoms with Crippen LogP contribution in [0, 0.1) is 11.8 Å². The normalized spacial score (nSPS) is 25.5. The van der Waals surface area contributed by atoms with Gasteiger partial charge in [-0.3, -0.25) is 9.59 Å². The van der Waals surface area contributed by atoms with Gasteiger partial charge in [0, 0.05) is 12.5 Å². The van der Waals surface area contributed by atoms with Crippen LogP contribution in [0.4, 0.5) is 0 Å². The number of amides is 1. The van der Waals surface area contributed by atoms with Crippen molar-refractivity contribution in [2.75, 3.05) is 6.54 Å². The van der Waals surface area contributed by atoms with Crippen LogP contribution in [0.25, 0.3) is 0 Å². The van der Waals surface area contributed by atoms with Crippen LogP contribution in [0.5, 0.6) is 0 Å². The van der Waals surface area contributed by atoms with E-state index in [-0.39, 0.29) is 24.3 Å². The predicted octanol–water partition coefficient (Wildman–Crippen LogP) is 0.764. The molecule has 0 aromatic heterocycles. The lowest BCUT2D eigenvalue weighted by atomic mass is 10.0. The zero-order valence-corrected chi connectivity index (χ0v) is 10.2. The van der Waals surface area contributed by atoms with Gasteiger partial charge in [-0.15, -0.1) is 0 Å². The molecule has 0 spiro atoms. The quantitative estimate of drug-likeness (QED) is 0.643. The molecule has 0 aromatic rings. The minimum Gasteiger partial charge on any atom is -0.481 e. The second-order valence-corrected chi connectivity index (χ2v) is 4.73. The fourth-order valence-electron chi connectivity index (χ4n) is 2.24. The Labute approximate surface area is 101 Å². The average Bonchev–Trinajstić information content (AvgIpc) is 2.75. The first-order valence-corrected chi connectivity index (χ1v) is 6.23. The summed E-state index contributed by atoms with van der Waals surface area (Å²) in [6.07, 6.45) is 2.67. The van der Waals surface area contributed by atoms with Crippen LogP contribution < -0.4 is 5.32 Å². The Morgan fingerprint density at radius 1 is 1.35 bits per heavy atom. The molecule has 0 saturated heterocycles. The highest BCUT2D eigenvalue weighted by Gasteiger charge is 2.33. The van der Waals surface area contributed by atoms with E-state index in [0.717, 1.165) is 6.42 Å². The van der Waals surface area contributed by atoms with E-state index in [1.54, 1.807) is 0 Å². The molecular weight excluding hydrogens is 222 g/mol. The van der Waals surface area contributed by atoms with E-state index in [9.17, 15) is 14.7 Å². The third-order valence-corrected chi connectivity index (χ3v) is 3.29. The highest BCUT2D eigenvalue weighted by atomic mass is 16.4. The second kappa shape index (κ2) is 6.59. The Kier molecular flexibility index (Phi) is 5.41. The number of rotatable bonds is 6. The third-order valence-electron chi connectivity index (χ3n) is 3.29. The summed E-state index contributed by atoms with van der Waals surface area (Å²) in [4.78, 5) is 22.5. The summed E-state index contributed by atoms with van der Waals surface area (Å²) >= 11 is 0. The standard InChI is InChI=1S/C12H21NO4/c1-2-3-10(14)7-13-11(15)8-4-5-9(6-8)12(16)17/h8-10,14H,2-7H2,1H3,(H,13,15)(H,16,17)/t8-,9+,10?/m1/s1. The summed E-state index contributed by atoms with van der Waals surface area (Å²) in [5.41, 5.74) is 0. The number of carbonyl (C=O) groups is 2. The number of hydrogen-bond acceptors (Lipinski definition) is 3. The monoisotopic (exact) mass is 243 g/mol. The van der Waals surface area contributed by atoms with Gasteiger partial charge in [0.15, 0.2) is 0 Å². The largest absolute Gasteiger partial charge is 0.481 e. The van der Waals surface area contributed by atoms with Gasteiger partial charge < -0.3 is 15.5 Å². The summed E-state index contributed by atoms with van der Waals surface area (Å²) in [5, 5.41) is 21.0. The van der Waals surface area contributed by atoms with Gasteiger partial charge in [0.25, 0.3) is 0 Å². The number of aliphatic carboxylic acids is 1. The molecule has 0 aliphatic heterocycles. The molecule has 1 aliphatic carbocycles. The molecule has 5 nitrogen and oxygen atoms in total.